The number of rotatable bonds is 14. The van der Waals surface area contributed by atoms with Crippen molar-refractivity contribution >= 4 is 5.97 Å². The monoisotopic (exact) mass is 336 g/mol. The van der Waals surface area contributed by atoms with Gasteiger partial charge in [0, 0.05) is 6.42 Å². The third-order valence-corrected chi connectivity index (χ3v) is 6.69. The van der Waals surface area contributed by atoms with Crippen molar-refractivity contribution in [1.82, 2.24) is 0 Å². The molecule has 2 aliphatic rings. The fraction of sp³-hybridized carbons (Fsp3) is 0.955. The second-order valence-electron chi connectivity index (χ2n) is 8.59. The van der Waals surface area contributed by atoms with E-state index in [1.165, 1.54) is 96.3 Å². The molecule has 0 amide bonds. The van der Waals surface area contributed by atoms with Crippen LogP contribution in [0.2, 0.25) is 0 Å². The van der Waals surface area contributed by atoms with Crippen LogP contribution >= 0.6 is 0 Å². The maximum atomic E-state index is 10.5. The molecule has 0 bridgehead atoms. The molecule has 2 saturated carbocycles. The highest BCUT2D eigenvalue weighted by Crippen LogP contribution is 2.39. The highest BCUT2D eigenvalue weighted by Gasteiger charge is 2.26. The molecule has 0 aromatic rings. The van der Waals surface area contributed by atoms with Gasteiger partial charge in [0.15, 0.2) is 0 Å². The van der Waals surface area contributed by atoms with Gasteiger partial charge in [0.1, 0.15) is 0 Å². The van der Waals surface area contributed by atoms with Gasteiger partial charge >= 0.3 is 5.97 Å². The van der Waals surface area contributed by atoms with Crippen LogP contribution in [0.15, 0.2) is 0 Å². The van der Waals surface area contributed by atoms with Crippen LogP contribution < -0.4 is 0 Å². The Bertz CT molecular complexity index is 335. The lowest BCUT2D eigenvalue weighted by atomic mass is 9.81. The zero-order valence-corrected chi connectivity index (χ0v) is 15.8. The van der Waals surface area contributed by atoms with Crippen LogP contribution in [0.3, 0.4) is 0 Å². The van der Waals surface area contributed by atoms with Crippen molar-refractivity contribution in [2.45, 2.75) is 116 Å². The zero-order valence-electron chi connectivity index (χ0n) is 15.8. The summed E-state index contributed by atoms with van der Waals surface area (Å²) in [6.07, 6.45) is 24.1. The molecule has 2 rings (SSSR count). The van der Waals surface area contributed by atoms with E-state index in [4.69, 9.17) is 5.11 Å². The van der Waals surface area contributed by atoms with Gasteiger partial charge < -0.3 is 5.11 Å². The lowest BCUT2D eigenvalue weighted by Crippen LogP contribution is -2.10. The van der Waals surface area contributed by atoms with Crippen LogP contribution in [-0.4, -0.2) is 11.1 Å². The van der Waals surface area contributed by atoms with Crippen LogP contribution in [0.25, 0.3) is 0 Å². The van der Waals surface area contributed by atoms with Gasteiger partial charge in [-0.15, -0.1) is 0 Å². The average molecular weight is 337 g/mol. The van der Waals surface area contributed by atoms with Gasteiger partial charge in [-0.1, -0.05) is 103 Å². The number of hydrogen-bond donors (Lipinski definition) is 1. The number of hydrogen-bond acceptors (Lipinski definition) is 1. The first-order valence-corrected chi connectivity index (χ1v) is 11.0. The summed E-state index contributed by atoms with van der Waals surface area (Å²) in [5.41, 5.74) is 0. The van der Waals surface area contributed by atoms with Crippen molar-refractivity contribution in [1.29, 1.82) is 0 Å². The van der Waals surface area contributed by atoms with Gasteiger partial charge in [0.2, 0.25) is 0 Å². The van der Waals surface area contributed by atoms with E-state index in [0.29, 0.717) is 6.42 Å². The van der Waals surface area contributed by atoms with E-state index in [1.807, 2.05) is 0 Å². The summed E-state index contributed by atoms with van der Waals surface area (Å²) >= 11 is 0. The topological polar surface area (TPSA) is 37.3 Å². The number of carbonyl (C=O) groups is 1. The SMILES string of the molecule is O=C(O)CCCCCCC[C@H]1CCC[C@@H]1CCCCCC1CCC1. The second kappa shape index (κ2) is 11.9. The third kappa shape index (κ3) is 8.03. The zero-order chi connectivity index (χ0) is 17.0. The Balaban J connectivity index is 1.42. The standard InChI is InChI=1S/C22H40O2/c23-22(24)18-8-3-1-2-6-14-20-16-10-17-21(20)15-7-4-5-11-19-12-9-13-19/h19-21H,1-18H2,(H,23,24)/t20-,21-/m0/s1. The molecule has 0 aromatic carbocycles. The Morgan fingerprint density at radius 2 is 1.17 bits per heavy atom. The second-order valence-corrected chi connectivity index (χ2v) is 8.59. The van der Waals surface area contributed by atoms with Gasteiger partial charge in [-0.25, -0.2) is 0 Å². The van der Waals surface area contributed by atoms with Crippen LogP contribution in [-0.2, 0) is 4.79 Å². The fourth-order valence-electron chi connectivity index (χ4n) is 4.88. The number of carboxylic acids is 1. The molecule has 2 aliphatic carbocycles. The van der Waals surface area contributed by atoms with Crippen molar-refractivity contribution in [2.24, 2.45) is 17.8 Å². The Morgan fingerprint density at radius 3 is 1.75 bits per heavy atom. The quantitative estimate of drug-likeness (QED) is 0.348. The van der Waals surface area contributed by atoms with Gasteiger partial charge in [-0.05, 0) is 24.2 Å². The largest absolute Gasteiger partial charge is 0.481 e. The molecule has 140 valence electrons. The molecule has 2 fully saturated rings. The maximum absolute atomic E-state index is 10.5. The van der Waals surface area contributed by atoms with Crippen molar-refractivity contribution < 1.29 is 9.90 Å². The normalized spacial score (nSPS) is 24.2. The molecule has 0 heterocycles. The van der Waals surface area contributed by atoms with Gasteiger partial charge in [0.05, 0.1) is 0 Å². The maximum Gasteiger partial charge on any atom is 0.303 e. The van der Waals surface area contributed by atoms with Crippen LogP contribution in [0, 0.1) is 17.8 Å². The highest BCUT2D eigenvalue weighted by molar-refractivity contribution is 5.66. The van der Waals surface area contributed by atoms with E-state index in [-0.39, 0.29) is 0 Å². The van der Waals surface area contributed by atoms with Crippen molar-refractivity contribution in [3.8, 4) is 0 Å². The smallest absolute Gasteiger partial charge is 0.303 e. The Morgan fingerprint density at radius 1 is 0.667 bits per heavy atom. The minimum absolute atomic E-state index is 0.353. The molecular weight excluding hydrogens is 296 g/mol. The van der Waals surface area contributed by atoms with Crippen molar-refractivity contribution in [3.63, 3.8) is 0 Å². The highest BCUT2D eigenvalue weighted by atomic mass is 16.4. The summed E-state index contributed by atoms with van der Waals surface area (Å²) in [5, 5.41) is 8.64. The Kier molecular flexibility index (Phi) is 9.83. The Hall–Kier alpha value is -0.530. The number of aliphatic carboxylic acids is 1. The molecule has 0 radical (unpaired) electrons. The first-order valence-electron chi connectivity index (χ1n) is 11.0. The molecular formula is C22H40O2. The molecule has 0 aliphatic heterocycles. The molecule has 2 heteroatoms. The fourth-order valence-corrected chi connectivity index (χ4v) is 4.88. The molecule has 0 spiro atoms. The molecule has 0 unspecified atom stereocenters. The van der Waals surface area contributed by atoms with Crippen LogP contribution in [0.1, 0.15) is 116 Å². The summed E-state index contributed by atoms with van der Waals surface area (Å²) in [5.74, 6) is 2.49. The van der Waals surface area contributed by atoms with Crippen LogP contribution in [0.5, 0.6) is 0 Å². The van der Waals surface area contributed by atoms with Gasteiger partial charge in [-0.2, -0.15) is 0 Å². The first kappa shape index (κ1) is 19.8. The molecule has 0 aromatic heterocycles. The minimum atomic E-state index is -0.642. The summed E-state index contributed by atoms with van der Waals surface area (Å²) in [7, 11) is 0. The predicted molar refractivity (Wildman–Crippen MR) is 101 cm³/mol. The van der Waals surface area contributed by atoms with E-state index in [2.05, 4.69) is 0 Å². The predicted octanol–water partition coefficient (Wildman–Crippen LogP) is 6.97. The molecule has 24 heavy (non-hydrogen) atoms. The van der Waals surface area contributed by atoms with E-state index in [1.54, 1.807) is 0 Å². The first-order chi connectivity index (χ1) is 11.8. The number of carboxylic acid groups (broad SMARTS) is 1. The minimum Gasteiger partial charge on any atom is -0.481 e. The van der Waals surface area contributed by atoms with Crippen molar-refractivity contribution in [2.75, 3.05) is 0 Å². The van der Waals surface area contributed by atoms with Crippen LogP contribution in [0.4, 0.5) is 0 Å². The summed E-state index contributed by atoms with van der Waals surface area (Å²) in [4.78, 5) is 10.5. The van der Waals surface area contributed by atoms with Gasteiger partial charge in [0.25, 0.3) is 0 Å². The summed E-state index contributed by atoms with van der Waals surface area (Å²) in [6.45, 7) is 0. The molecule has 1 N–H and O–H groups in total. The van der Waals surface area contributed by atoms with E-state index < -0.39 is 5.97 Å². The molecule has 2 nitrogen and oxygen atoms in total. The van der Waals surface area contributed by atoms with E-state index in [9.17, 15) is 4.79 Å². The number of unbranched alkanes of at least 4 members (excludes halogenated alkanes) is 6. The van der Waals surface area contributed by atoms with E-state index >= 15 is 0 Å². The van der Waals surface area contributed by atoms with E-state index in [0.717, 1.165) is 30.6 Å². The third-order valence-electron chi connectivity index (χ3n) is 6.69. The average Bonchev–Trinajstić information content (AvgIpc) is 2.95. The summed E-state index contributed by atoms with van der Waals surface area (Å²) in [6, 6.07) is 0. The Labute approximate surface area is 149 Å². The van der Waals surface area contributed by atoms with Gasteiger partial charge in [-0.3, -0.25) is 4.79 Å². The molecule has 0 saturated heterocycles. The lowest BCUT2D eigenvalue weighted by molar-refractivity contribution is -0.137. The lowest BCUT2D eigenvalue weighted by Gasteiger charge is -2.25. The van der Waals surface area contributed by atoms with Crippen molar-refractivity contribution in [3.05, 3.63) is 0 Å². The summed E-state index contributed by atoms with van der Waals surface area (Å²) < 4.78 is 0. The molecule has 2 atom stereocenters.